The summed E-state index contributed by atoms with van der Waals surface area (Å²) in [6, 6.07) is 4.33. The molecule has 0 fully saturated rings. The van der Waals surface area contributed by atoms with Gasteiger partial charge in [0.15, 0.2) is 0 Å². The van der Waals surface area contributed by atoms with Gasteiger partial charge in [0.25, 0.3) is 0 Å². The maximum atomic E-state index is 6.26. The summed E-state index contributed by atoms with van der Waals surface area (Å²) >= 11 is 6.26. The number of rotatable bonds is 0. The minimum absolute atomic E-state index is 0.973. The van der Waals surface area contributed by atoms with Gasteiger partial charge < -0.3 is 5.32 Å². The van der Waals surface area contributed by atoms with Crippen LogP contribution in [0.4, 0.5) is 0 Å². The first-order valence-corrected chi connectivity index (χ1v) is 5.14. The molecule has 0 saturated carbocycles. The van der Waals surface area contributed by atoms with Crippen LogP contribution in [0.25, 0.3) is 0 Å². The Labute approximate surface area is 84.1 Å². The normalized spacial score (nSPS) is 16.5. The Balaban J connectivity index is 2.48. The summed E-state index contributed by atoms with van der Waals surface area (Å²) in [5.74, 6) is 0. The molecule has 0 aliphatic carbocycles. The van der Waals surface area contributed by atoms with Crippen LogP contribution in [0.3, 0.4) is 0 Å². The first-order valence-electron chi connectivity index (χ1n) is 4.76. The fraction of sp³-hybridized carbons (Fsp3) is 0.455. The predicted octanol–water partition coefficient (Wildman–Crippen LogP) is 2.34. The van der Waals surface area contributed by atoms with E-state index < -0.39 is 0 Å². The lowest BCUT2D eigenvalue weighted by Crippen LogP contribution is -2.16. The third-order valence-electron chi connectivity index (χ3n) is 2.66. The number of nitrogens with one attached hydrogen (secondary N) is 1. The zero-order valence-corrected chi connectivity index (χ0v) is 8.62. The van der Waals surface area contributed by atoms with E-state index in [0.717, 1.165) is 31.0 Å². The quantitative estimate of drug-likeness (QED) is 0.670. The van der Waals surface area contributed by atoms with Crippen LogP contribution in [0.5, 0.6) is 0 Å². The van der Waals surface area contributed by atoms with Gasteiger partial charge >= 0.3 is 0 Å². The van der Waals surface area contributed by atoms with Crippen LogP contribution in [0.15, 0.2) is 12.1 Å². The zero-order valence-electron chi connectivity index (χ0n) is 7.86. The first kappa shape index (κ1) is 9.04. The molecule has 70 valence electrons. The molecule has 1 N–H and O–H groups in total. The van der Waals surface area contributed by atoms with Crippen molar-refractivity contribution in [1.29, 1.82) is 0 Å². The van der Waals surface area contributed by atoms with Crippen molar-refractivity contribution in [2.75, 3.05) is 13.1 Å². The Bertz CT molecular complexity index is 320. The number of aryl methyl sites for hydroxylation is 1. The molecule has 0 saturated heterocycles. The lowest BCUT2D eigenvalue weighted by molar-refractivity contribution is 0.711. The molecule has 0 bridgehead atoms. The highest BCUT2D eigenvalue weighted by molar-refractivity contribution is 6.32. The van der Waals surface area contributed by atoms with Crippen molar-refractivity contribution in [1.82, 2.24) is 5.32 Å². The van der Waals surface area contributed by atoms with Gasteiger partial charge in [-0.1, -0.05) is 23.7 Å². The molecule has 13 heavy (non-hydrogen) atoms. The van der Waals surface area contributed by atoms with Crippen LogP contribution in [0.1, 0.15) is 16.7 Å². The van der Waals surface area contributed by atoms with Crippen molar-refractivity contribution in [3.05, 3.63) is 33.8 Å². The Morgan fingerprint density at radius 1 is 1.23 bits per heavy atom. The van der Waals surface area contributed by atoms with Crippen LogP contribution in [0.2, 0.25) is 5.02 Å². The van der Waals surface area contributed by atoms with Crippen molar-refractivity contribution < 1.29 is 0 Å². The number of halogens is 1. The SMILES string of the molecule is Cc1ccc2c(c1Cl)CCNCC2. The average molecular weight is 196 g/mol. The highest BCUT2D eigenvalue weighted by Crippen LogP contribution is 2.25. The second-order valence-corrected chi connectivity index (χ2v) is 3.96. The number of benzene rings is 1. The van der Waals surface area contributed by atoms with E-state index in [1.807, 2.05) is 0 Å². The number of fused-ring (bicyclic) bond motifs is 1. The predicted molar refractivity (Wildman–Crippen MR) is 56.5 cm³/mol. The van der Waals surface area contributed by atoms with Crippen LogP contribution in [-0.4, -0.2) is 13.1 Å². The van der Waals surface area contributed by atoms with E-state index in [1.54, 1.807) is 0 Å². The molecule has 1 aromatic rings. The van der Waals surface area contributed by atoms with Crippen molar-refractivity contribution in [2.45, 2.75) is 19.8 Å². The highest BCUT2D eigenvalue weighted by atomic mass is 35.5. The second kappa shape index (κ2) is 3.69. The molecule has 0 atom stereocenters. The summed E-state index contributed by atoms with van der Waals surface area (Å²) in [5, 5.41) is 4.36. The van der Waals surface area contributed by atoms with E-state index in [1.165, 1.54) is 16.7 Å². The summed E-state index contributed by atoms with van der Waals surface area (Å²) in [7, 11) is 0. The molecule has 2 rings (SSSR count). The largest absolute Gasteiger partial charge is 0.316 e. The topological polar surface area (TPSA) is 12.0 Å². The van der Waals surface area contributed by atoms with E-state index in [-0.39, 0.29) is 0 Å². The molecule has 0 radical (unpaired) electrons. The molecule has 1 nitrogen and oxygen atoms in total. The lowest BCUT2D eigenvalue weighted by Gasteiger charge is -2.09. The van der Waals surface area contributed by atoms with Crippen LogP contribution >= 0.6 is 11.6 Å². The Kier molecular flexibility index (Phi) is 2.56. The van der Waals surface area contributed by atoms with Gasteiger partial charge in [-0.3, -0.25) is 0 Å². The summed E-state index contributed by atoms with van der Waals surface area (Å²) in [6.07, 6.45) is 2.17. The van der Waals surface area contributed by atoms with E-state index in [9.17, 15) is 0 Å². The van der Waals surface area contributed by atoms with Crippen molar-refractivity contribution in [3.8, 4) is 0 Å². The number of hydrogen-bond donors (Lipinski definition) is 1. The van der Waals surface area contributed by atoms with Crippen molar-refractivity contribution >= 4 is 11.6 Å². The van der Waals surface area contributed by atoms with Gasteiger partial charge in [-0.25, -0.2) is 0 Å². The second-order valence-electron chi connectivity index (χ2n) is 3.58. The third-order valence-corrected chi connectivity index (χ3v) is 3.18. The van der Waals surface area contributed by atoms with E-state index >= 15 is 0 Å². The van der Waals surface area contributed by atoms with Crippen LogP contribution in [0, 0.1) is 6.92 Å². The minimum Gasteiger partial charge on any atom is -0.316 e. The lowest BCUT2D eigenvalue weighted by atomic mass is 10.0. The number of hydrogen-bond acceptors (Lipinski definition) is 1. The molecular weight excluding hydrogens is 182 g/mol. The molecule has 0 unspecified atom stereocenters. The summed E-state index contributed by atoms with van der Waals surface area (Å²) < 4.78 is 0. The van der Waals surface area contributed by atoms with Crippen molar-refractivity contribution in [3.63, 3.8) is 0 Å². The molecule has 1 heterocycles. The van der Waals surface area contributed by atoms with Gasteiger partial charge in [-0.05, 0) is 49.5 Å². The van der Waals surface area contributed by atoms with E-state index in [2.05, 4.69) is 24.4 Å². The summed E-state index contributed by atoms with van der Waals surface area (Å²) in [4.78, 5) is 0. The van der Waals surface area contributed by atoms with Gasteiger partial charge in [0.1, 0.15) is 0 Å². The first-order chi connectivity index (χ1) is 6.29. The van der Waals surface area contributed by atoms with Crippen molar-refractivity contribution in [2.24, 2.45) is 0 Å². The molecule has 1 aromatic carbocycles. The molecule has 0 aromatic heterocycles. The van der Waals surface area contributed by atoms with E-state index in [4.69, 9.17) is 11.6 Å². The molecule has 1 aliphatic heterocycles. The highest BCUT2D eigenvalue weighted by Gasteiger charge is 2.11. The summed E-state index contributed by atoms with van der Waals surface area (Å²) in [5.41, 5.74) is 3.97. The molecule has 1 aliphatic rings. The Morgan fingerprint density at radius 3 is 2.85 bits per heavy atom. The van der Waals surface area contributed by atoms with Crippen LogP contribution < -0.4 is 5.32 Å². The molecule has 0 spiro atoms. The smallest absolute Gasteiger partial charge is 0.0470 e. The Morgan fingerprint density at radius 2 is 2.00 bits per heavy atom. The maximum Gasteiger partial charge on any atom is 0.0470 e. The molecular formula is C11H14ClN. The fourth-order valence-electron chi connectivity index (χ4n) is 1.84. The van der Waals surface area contributed by atoms with Gasteiger partial charge in [0, 0.05) is 5.02 Å². The minimum atomic E-state index is 0.973. The zero-order chi connectivity index (χ0) is 9.26. The Hall–Kier alpha value is -0.530. The van der Waals surface area contributed by atoms with Gasteiger partial charge in [-0.15, -0.1) is 0 Å². The monoisotopic (exact) mass is 195 g/mol. The molecule has 2 heteroatoms. The van der Waals surface area contributed by atoms with Crippen LogP contribution in [-0.2, 0) is 12.8 Å². The maximum absolute atomic E-state index is 6.26. The van der Waals surface area contributed by atoms with Gasteiger partial charge in [0.05, 0.1) is 0 Å². The van der Waals surface area contributed by atoms with Gasteiger partial charge in [0.2, 0.25) is 0 Å². The third kappa shape index (κ3) is 1.72. The fourth-order valence-corrected chi connectivity index (χ4v) is 2.12. The average Bonchev–Trinajstić information content (AvgIpc) is 2.36. The van der Waals surface area contributed by atoms with Gasteiger partial charge in [-0.2, -0.15) is 0 Å². The summed E-state index contributed by atoms with van der Waals surface area (Å²) in [6.45, 7) is 4.20. The standard InChI is InChI=1S/C11H14ClN/c1-8-2-3-9-4-6-13-7-5-10(9)11(8)12/h2-3,13H,4-7H2,1H3. The molecule has 0 amide bonds. The van der Waals surface area contributed by atoms with E-state index in [0.29, 0.717) is 0 Å².